The molecule has 8 heteroatoms. The van der Waals surface area contributed by atoms with Crippen molar-refractivity contribution in [2.24, 2.45) is 17.8 Å². The zero-order chi connectivity index (χ0) is 28.3. The Kier molecular flexibility index (Phi) is 9.38. The van der Waals surface area contributed by atoms with E-state index in [2.05, 4.69) is 15.5 Å². The van der Waals surface area contributed by atoms with Crippen LogP contribution >= 0.6 is 0 Å². The number of likely N-dealkylation sites (tertiary alicyclic amines) is 1. The molecule has 2 amide bonds. The SMILES string of the molecule is CC(C)(C)NC(=O)[C@@H]1C[C@@H]2CCCC[C@@H]2CN1C[C@@H](O)[C@H](Cc1ccccc1)NC(=O)O[C@@H]1CC2CCO[C@@H]2C1. The Bertz CT molecular complexity index is 986. The Morgan fingerprint density at radius 1 is 1.05 bits per heavy atom. The van der Waals surface area contributed by atoms with Gasteiger partial charge in [-0.1, -0.05) is 49.6 Å². The maximum Gasteiger partial charge on any atom is 0.407 e. The maximum atomic E-state index is 13.5. The third-order valence-electron chi connectivity index (χ3n) is 9.47. The van der Waals surface area contributed by atoms with Gasteiger partial charge in [-0.3, -0.25) is 9.69 Å². The molecule has 0 aromatic heterocycles. The number of rotatable bonds is 8. The van der Waals surface area contributed by atoms with Crippen LogP contribution in [-0.4, -0.2) is 77.6 Å². The van der Waals surface area contributed by atoms with Gasteiger partial charge in [0.25, 0.3) is 0 Å². The van der Waals surface area contributed by atoms with Gasteiger partial charge in [-0.25, -0.2) is 4.79 Å². The quantitative estimate of drug-likeness (QED) is 0.448. The van der Waals surface area contributed by atoms with Crippen LogP contribution in [0.4, 0.5) is 4.79 Å². The first-order chi connectivity index (χ1) is 19.1. The molecule has 2 heterocycles. The monoisotopic (exact) mass is 555 g/mol. The van der Waals surface area contributed by atoms with Crippen LogP contribution in [0.1, 0.15) is 77.7 Å². The predicted molar refractivity (Wildman–Crippen MR) is 154 cm³/mol. The van der Waals surface area contributed by atoms with Gasteiger partial charge in [0.15, 0.2) is 0 Å². The molecular formula is C32H49N3O5. The van der Waals surface area contributed by atoms with Crippen molar-refractivity contribution in [2.75, 3.05) is 19.7 Å². The fourth-order valence-electron chi connectivity index (χ4n) is 7.49. The third-order valence-corrected chi connectivity index (χ3v) is 9.47. The number of alkyl carbamates (subject to hydrolysis) is 1. The van der Waals surface area contributed by atoms with Crippen molar-refractivity contribution in [1.82, 2.24) is 15.5 Å². The van der Waals surface area contributed by atoms with Crippen molar-refractivity contribution in [1.29, 1.82) is 0 Å². The Balaban J connectivity index is 1.27. The van der Waals surface area contributed by atoms with Crippen LogP contribution < -0.4 is 10.6 Å². The number of carbonyl (C=O) groups excluding carboxylic acids is 2. The van der Waals surface area contributed by atoms with Crippen molar-refractivity contribution in [3.05, 3.63) is 35.9 Å². The standard InChI is InChI=1S/C32H49N3O5/c1-32(2,3)34-30(37)27-17-22-11-7-8-12-24(22)19-35(27)20-28(36)26(15-21-9-5-4-6-10-21)33-31(38)40-25-16-23-13-14-39-29(23)18-25/h4-6,9-10,22-29,36H,7-8,11-20H2,1-3H3,(H,33,38)(H,34,37)/t22-,23?,24+,25+,26-,27-,28+,29+/m0/s1. The number of nitrogens with one attached hydrogen (secondary N) is 2. The molecule has 5 rings (SSSR count). The van der Waals surface area contributed by atoms with Gasteiger partial charge in [0.05, 0.1) is 24.3 Å². The largest absolute Gasteiger partial charge is 0.446 e. The highest BCUT2D eigenvalue weighted by atomic mass is 16.6. The fraction of sp³-hybridized carbons (Fsp3) is 0.750. The van der Waals surface area contributed by atoms with E-state index in [9.17, 15) is 14.7 Å². The molecule has 1 aromatic rings. The normalized spacial score (nSPS) is 32.0. The van der Waals surface area contributed by atoms with Gasteiger partial charge in [0.1, 0.15) is 6.10 Å². The molecule has 40 heavy (non-hydrogen) atoms. The van der Waals surface area contributed by atoms with Crippen LogP contribution in [0.25, 0.3) is 0 Å². The minimum atomic E-state index is -0.857. The van der Waals surface area contributed by atoms with Gasteiger partial charge >= 0.3 is 6.09 Å². The summed E-state index contributed by atoms with van der Waals surface area (Å²) in [5, 5.41) is 17.8. The zero-order valence-corrected chi connectivity index (χ0v) is 24.5. The summed E-state index contributed by atoms with van der Waals surface area (Å²) in [7, 11) is 0. The van der Waals surface area contributed by atoms with Crippen molar-refractivity contribution in [3.63, 3.8) is 0 Å². The number of piperidine rings is 1. The Morgan fingerprint density at radius 3 is 2.52 bits per heavy atom. The summed E-state index contributed by atoms with van der Waals surface area (Å²) in [5.41, 5.74) is 0.707. The summed E-state index contributed by atoms with van der Waals surface area (Å²) >= 11 is 0. The molecule has 0 spiro atoms. The number of benzene rings is 1. The Labute approximate surface area is 239 Å². The molecule has 4 fully saturated rings. The summed E-state index contributed by atoms with van der Waals surface area (Å²) in [5.74, 6) is 1.61. The van der Waals surface area contributed by atoms with E-state index in [0.717, 1.165) is 44.4 Å². The van der Waals surface area contributed by atoms with E-state index in [0.29, 0.717) is 30.7 Å². The third kappa shape index (κ3) is 7.56. The van der Waals surface area contributed by atoms with Crippen molar-refractivity contribution >= 4 is 12.0 Å². The second-order valence-corrected chi connectivity index (χ2v) is 13.7. The van der Waals surface area contributed by atoms with Crippen LogP contribution in [-0.2, 0) is 20.7 Å². The van der Waals surface area contributed by atoms with Crippen LogP contribution in [0.3, 0.4) is 0 Å². The first kappa shape index (κ1) is 29.3. The minimum absolute atomic E-state index is 0.0321. The number of amides is 2. The van der Waals surface area contributed by atoms with E-state index in [1.54, 1.807) is 0 Å². The van der Waals surface area contributed by atoms with Crippen LogP contribution in [0.2, 0.25) is 0 Å². The molecule has 0 bridgehead atoms. The summed E-state index contributed by atoms with van der Waals surface area (Å²) in [6.45, 7) is 7.94. The summed E-state index contributed by atoms with van der Waals surface area (Å²) in [6, 6.07) is 9.09. The molecule has 4 aliphatic rings. The molecule has 2 saturated carbocycles. The van der Waals surface area contributed by atoms with E-state index in [1.807, 2.05) is 51.1 Å². The molecule has 8 nitrogen and oxygen atoms in total. The highest BCUT2D eigenvalue weighted by Crippen LogP contribution is 2.39. The molecule has 8 atom stereocenters. The minimum Gasteiger partial charge on any atom is -0.446 e. The second kappa shape index (κ2) is 12.8. The fourth-order valence-corrected chi connectivity index (χ4v) is 7.49. The molecule has 0 radical (unpaired) electrons. The highest BCUT2D eigenvalue weighted by Gasteiger charge is 2.43. The highest BCUT2D eigenvalue weighted by molar-refractivity contribution is 5.82. The number of carbonyl (C=O) groups is 2. The smallest absolute Gasteiger partial charge is 0.407 e. The Morgan fingerprint density at radius 2 is 1.80 bits per heavy atom. The predicted octanol–water partition coefficient (Wildman–Crippen LogP) is 4.05. The van der Waals surface area contributed by atoms with Gasteiger partial charge in [0, 0.05) is 31.7 Å². The van der Waals surface area contributed by atoms with E-state index >= 15 is 0 Å². The average molecular weight is 556 g/mol. The summed E-state index contributed by atoms with van der Waals surface area (Å²) < 4.78 is 11.6. The number of nitrogens with zero attached hydrogens (tertiary/aromatic N) is 1. The van der Waals surface area contributed by atoms with Crippen molar-refractivity contribution in [2.45, 2.75) is 114 Å². The van der Waals surface area contributed by atoms with E-state index in [1.165, 1.54) is 25.7 Å². The molecule has 1 aromatic carbocycles. The summed E-state index contributed by atoms with van der Waals surface area (Å²) in [4.78, 5) is 28.7. The number of aliphatic hydroxyl groups excluding tert-OH is 1. The van der Waals surface area contributed by atoms with Gasteiger partial charge in [-0.05, 0) is 76.2 Å². The molecular weight excluding hydrogens is 506 g/mol. The first-order valence-electron chi connectivity index (χ1n) is 15.5. The molecule has 222 valence electrons. The van der Waals surface area contributed by atoms with Gasteiger partial charge in [-0.15, -0.1) is 0 Å². The van der Waals surface area contributed by atoms with Crippen molar-refractivity contribution < 1.29 is 24.2 Å². The first-order valence-corrected chi connectivity index (χ1v) is 15.5. The number of β-amino-alcohol motifs (C(OH)–C–C–N with tert-alkyl or cyclic N) is 1. The number of hydrogen-bond acceptors (Lipinski definition) is 6. The molecule has 3 N–H and O–H groups in total. The van der Waals surface area contributed by atoms with E-state index in [4.69, 9.17) is 9.47 Å². The lowest BCUT2D eigenvalue weighted by atomic mass is 9.72. The average Bonchev–Trinajstić information content (AvgIpc) is 3.49. The topological polar surface area (TPSA) is 100 Å². The number of fused-ring (bicyclic) bond motifs is 2. The molecule has 2 aliphatic carbocycles. The Hall–Kier alpha value is -2.16. The second-order valence-electron chi connectivity index (χ2n) is 13.7. The van der Waals surface area contributed by atoms with E-state index in [-0.39, 0.29) is 29.7 Å². The van der Waals surface area contributed by atoms with Gasteiger partial charge in [0.2, 0.25) is 5.91 Å². The summed E-state index contributed by atoms with van der Waals surface area (Å²) in [6.07, 6.45) is 7.43. The number of hydrogen-bond donors (Lipinski definition) is 3. The van der Waals surface area contributed by atoms with Gasteiger partial charge < -0.3 is 25.2 Å². The lowest BCUT2D eigenvalue weighted by Gasteiger charge is -2.47. The molecule has 2 saturated heterocycles. The number of aliphatic hydroxyl groups is 1. The lowest BCUT2D eigenvalue weighted by Crippen LogP contribution is -2.60. The number of ether oxygens (including phenoxy) is 2. The van der Waals surface area contributed by atoms with Gasteiger partial charge in [-0.2, -0.15) is 0 Å². The van der Waals surface area contributed by atoms with Crippen LogP contribution in [0, 0.1) is 17.8 Å². The van der Waals surface area contributed by atoms with Crippen LogP contribution in [0.15, 0.2) is 30.3 Å². The van der Waals surface area contributed by atoms with E-state index < -0.39 is 18.2 Å². The van der Waals surface area contributed by atoms with Crippen LogP contribution in [0.5, 0.6) is 0 Å². The molecule has 2 aliphatic heterocycles. The lowest BCUT2D eigenvalue weighted by molar-refractivity contribution is -0.132. The zero-order valence-electron chi connectivity index (χ0n) is 24.5. The van der Waals surface area contributed by atoms with Crippen molar-refractivity contribution in [3.8, 4) is 0 Å². The molecule has 1 unspecified atom stereocenters. The maximum absolute atomic E-state index is 13.5.